The lowest BCUT2D eigenvalue weighted by molar-refractivity contribution is 0.0504. The Balaban J connectivity index is 2.29. The first-order chi connectivity index (χ1) is 14.0. The van der Waals surface area contributed by atoms with Crippen LogP contribution in [0.1, 0.15) is 34.1 Å². The molecule has 0 saturated heterocycles. The van der Waals surface area contributed by atoms with E-state index in [0.717, 1.165) is 0 Å². The maximum Gasteiger partial charge on any atom is 0.343 e. The number of hydrogen-bond donors (Lipinski definition) is 0. The van der Waals surface area contributed by atoms with Crippen molar-refractivity contribution in [1.29, 1.82) is 0 Å². The van der Waals surface area contributed by atoms with Gasteiger partial charge in [0.1, 0.15) is 0 Å². The lowest BCUT2D eigenvalue weighted by atomic mass is 10.1. The van der Waals surface area contributed by atoms with Crippen LogP contribution in [-0.2, 0) is 4.74 Å². The molecule has 0 N–H and O–H groups in total. The predicted octanol–water partition coefficient (Wildman–Crippen LogP) is 3.51. The fourth-order valence-electron chi connectivity index (χ4n) is 2.51. The third-order valence-corrected chi connectivity index (χ3v) is 3.94. The fourth-order valence-corrected chi connectivity index (χ4v) is 2.51. The summed E-state index contributed by atoms with van der Waals surface area (Å²) in [5.74, 6) is 0.227. The molecule has 0 amide bonds. The number of hydrogen-bond acceptors (Lipinski definition) is 8. The van der Waals surface area contributed by atoms with Crippen LogP contribution in [0.3, 0.4) is 0 Å². The normalized spacial score (nSPS) is 10.1. The van der Waals surface area contributed by atoms with Crippen LogP contribution in [0.15, 0.2) is 30.3 Å². The Morgan fingerprint density at radius 3 is 1.83 bits per heavy atom. The van der Waals surface area contributed by atoms with Gasteiger partial charge in [-0.3, -0.25) is 0 Å². The Hall–Kier alpha value is -3.42. The minimum atomic E-state index is -0.663. The molecule has 2 aromatic carbocycles. The van der Waals surface area contributed by atoms with Crippen molar-refractivity contribution in [3.63, 3.8) is 0 Å². The van der Waals surface area contributed by atoms with E-state index in [1.54, 1.807) is 0 Å². The van der Waals surface area contributed by atoms with Gasteiger partial charge in [0.2, 0.25) is 5.75 Å². The lowest BCUT2D eigenvalue weighted by Gasteiger charge is -2.14. The molecule has 0 aromatic heterocycles. The molecule has 156 valence electrons. The van der Waals surface area contributed by atoms with Crippen molar-refractivity contribution >= 4 is 11.9 Å². The van der Waals surface area contributed by atoms with Gasteiger partial charge in [0.25, 0.3) is 0 Å². The summed E-state index contributed by atoms with van der Waals surface area (Å²) in [5, 5.41) is 0. The van der Waals surface area contributed by atoms with Gasteiger partial charge in [-0.15, -0.1) is 0 Å². The van der Waals surface area contributed by atoms with Crippen LogP contribution in [0.4, 0.5) is 0 Å². The van der Waals surface area contributed by atoms with E-state index >= 15 is 0 Å². The fraction of sp³-hybridized carbons (Fsp3) is 0.333. The maximum atomic E-state index is 12.7. The van der Waals surface area contributed by atoms with Crippen molar-refractivity contribution in [3.8, 4) is 28.7 Å². The van der Waals surface area contributed by atoms with Crippen LogP contribution >= 0.6 is 0 Å². The van der Waals surface area contributed by atoms with E-state index in [1.165, 1.54) is 58.8 Å². The number of esters is 2. The summed E-state index contributed by atoms with van der Waals surface area (Å²) < 4.78 is 31.5. The second-order valence-corrected chi connectivity index (χ2v) is 5.81. The van der Waals surface area contributed by atoms with Crippen LogP contribution in [0.5, 0.6) is 28.7 Å². The summed E-state index contributed by atoms with van der Waals surface area (Å²) in [7, 11) is 5.78. The zero-order valence-electron chi connectivity index (χ0n) is 17.1. The molecule has 0 fully saturated rings. The molecule has 2 rings (SSSR count). The molecule has 2 aromatic rings. The smallest absolute Gasteiger partial charge is 0.343 e. The highest BCUT2D eigenvalue weighted by Gasteiger charge is 2.20. The topological polar surface area (TPSA) is 89.5 Å². The Morgan fingerprint density at radius 2 is 1.31 bits per heavy atom. The highest BCUT2D eigenvalue weighted by atomic mass is 16.6. The Labute approximate surface area is 169 Å². The van der Waals surface area contributed by atoms with Crippen molar-refractivity contribution in [2.24, 2.45) is 0 Å². The number of rotatable bonds is 9. The Morgan fingerprint density at radius 1 is 0.724 bits per heavy atom. The maximum absolute atomic E-state index is 12.7. The van der Waals surface area contributed by atoms with Crippen molar-refractivity contribution < 1.29 is 38.0 Å². The molecule has 0 radical (unpaired) electrons. The summed E-state index contributed by atoms with van der Waals surface area (Å²) in [6.45, 7) is 2.22. The molecule has 0 unspecified atom stereocenters. The summed E-state index contributed by atoms with van der Waals surface area (Å²) in [6.07, 6.45) is 0.716. The Bertz CT molecular complexity index is 850. The van der Waals surface area contributed by atoms with Crippen LogP contribution in [0, 0.1) is 0 Å². The van der Waals surface area contributed by atoms with Crippen LogP contribution in [0.25, 0.3) is 0 Å². The monoisotopic (exact) mass is 404 g/mol. The molecular formula is C21H24O8. The first-order valence-corrected chi connectivity index (χ1v) is 8.86. The van der Waals surface area contributed by atoms with Crippen molar-refractivity contribution in [1.82, 2.24) is 0 Å². The van der Waals surface area contributed by atoms with E-state index in [1.807, 2.05) is 6.92 Å². The molecule has 0 bridgehead atoms. The van der Waals surface area contributed by atoms with Gasteiger partial charge < -0.3 is 28.4 Å². The minimum Gasteiger partial charge on any atom is -0.493 e. The minimum absolute atomic E-state index is 0.151. The molecule has 29 heavy (non-hydrogen) atoms. The number of benzene rings is 2. The number of carbonyl (C=O) groups excluding carboxylic acids is 2. The van der Waals surface area contributed by atoms with E-state index in [0.29, 0.717) is 35.8 Å². The first kappa shape index (κ1) is 21.9. The van der Waals surface area contributed by atoms with Gasteiger partial charge in [0.15, 0.2) is 23.0 Å². The molecule has 8 heteroatoms. The van der Waals surface area contributed by atoms with Gasteiger partial charge >= 0.3 is 11.9 Å². The third-order valence-electron chi connectivity index (χ3n) is 3.94. The number of carbonyl (C=O) groups is 2. The molecule has 0 atom stereocenters. The summed E-state index contributed by atoms with van der Waals surface area (Å²) in [4.78, 5) is 24.7. The van der Waals surface area contributed by atoms with Crippen LogP contribution in [-0.4, -0.2) is 47.0 Å². The van der Waals surface area contributed by atoms with Crippen molar-refractivity contribution in [2.75, 3.05) is 35.0 Å². The van der Waals surface area contributed by atoms with E-state index < -0.39 is 11.9 Å². The second kappa shape index (κ2) is 10.2. The molecule has 0 aliphatic heterocycles. The third kappa shape index (κ3) is 5.10. The average molecular weight is 404 g/mol. The molecule has 0 saturated carbocycles. The molecule has 0 aliphatic carbocycles. The van der Waals surface area contributed by atoms with E-state index in [2.05, 4.69) is 0 Å². The average Bonchev–Trinajstić information content (AvgIpc) is 2.76. The van der Waals surface area contributed by atoms with Gasteiger partial charge in [0.05, 0.1) is 46.2 Å². The molecule has 0 aliphatic rings. The van der Waals surface area contributed by atoms with Crippen molar-refractivity contribution in [2.45, 2.75) is 13.3 Å². The van der Waals surface area contributed by atoms with E-state index in [-0.39, 0.29) is 17.1 Å². The van der Waals surface area contributed by atoms with Gasteiger partial charge in [-0.05, 0) is 36.8 Å². The quantitative estimate of drug-likeness (QED) is 0.463. The van der Waals surface area contributed by atoms with Gasteiger partial charge in [0, 0.05) is 0 Å². The van der Waals surface area contributed by atoms with Gasteiger partial charge in [-0.1, -0.05) is 6.92 Å². The van der Waals surface area contributed by atoms with E-state index in [9.17, 15) is 9.59 Å². The standard InChI is InChI=1S/C21H24O8/c1-6-9-28-20(22)13-7-8-15(16(10-13)24-2)29-21(23)14-11-17(25-3)19(27-5)18(12-14)26-4/h7-8,10-12H,6,9H2,1-5H3. The zero-order valence-corrected chi connectivity index (χ0v) is 17.1. The van der Waals surface area contributed by atoms with Crippen LogP contribution in [0.2, 0.25) is 0 Å². The predicted molar refractivity (Wildman–Crippen MR) is 105 cm³/mol. The molecule has 8 nitrogen and oxygen atoms in total. The largest absolute Gasteiger partial charge is 0.493 e. The molecular weight excluding hydrogens is 380 g/mol. The Kier molecular flexibility index (Phi) is 7.70. The zero-order chi connectivity index (χ0) is 21.4. The number of methoxy groups -OCH3 is 4. The SMILES string of the molecule is CCCOC(=O)c1ccc(OC(=O)c2cc(OC)c(OC)c(OC)c2)c(OC)c1. The first-order valence-electron chi connectivity index (χ1n) is 8.86. The van der Waals surface area contributed by atoms with Crippen LogP contribution < -0.4 is 23.7 Å². The highest BCUT2D eigenvalue weighted by Crippen LogP contribution is 2.38. The van der Waals surface area contributed by atoms with Gasteiger partial charge in [-0.2, -0.15) is 0 Å². The second-order valence-electron chi connectivity index (χ2n) is 5.81. The summed E-state index contributed by atoms with van der Waals surface area (Å²) >= 11 is 0. The molecule has 0 heterocycles. The summed E-state index contributed by atoms with van der Waals surface area (Å²) in [5.41, 5.74) is 0.482. The molecule has 0 spiro atoms. The highest BCUT2D eigenvalue weighted by molar-refractivity contribution is 5.94. The number of ether oxygens (including phenoxy) is 6. The summed E-state index contributed by atoms with van der Waals surface area (Å²) in [6, 6.07) is 7.38. The van der Waals surface area contributed by atoms with Crippen molar-refractivity contribution in [3.05, 3.63) is 41.5 Å². The lowest BCUT2D eigenvalue weighted by Crippen LogP contribution is -2.11. The van der Waals surface area contributed by atoms with E-state index in [4.69, 9.17) is 28.4 Å². The van der Waals surface area contributed by atoms with Gasteiger partial charge in [-0.25, -0.2) is 9.59 Å².